The zero-order valence-corrected chi connectivity index (χ0v) is 11.3. The van der Waals surface area contributed by atoms with Crippen LogP contribution in [-0.2, 0) is 0 Å². The van der Waals surface area contributed by atoms with Crippen LogP contribution in [0, 0.1) is 6.92 Å². The first-order valence-corrected chi connectivity index (χ1v) is 6.33. The van der Waals surface area contributed by atoms with Crippen molar-refractivity contribution >= 4 is 28.7 Å². The van der Waals surface area contributed by atoms with Gasteiger partial charge in [0.1, 0.15) is 5.52 Å². The van der Waals surface area contributed by atoms with Crippen LogP contribution in [0.2, 0.25) is 5.02 Å². The van der Waals surface area contributed by atoms with Crippen LogP contribution in [0.3, 0.4) is 0 Å². The smallest absolute Gasteiger partial charge is 0.335 e. The van der Waals surface area contributed by atoms with E-state index in [-0.39, 0.29) is 5.56 Å². The number of oxazole rings is 1. The maximum absolute atomic E-state index is 11.2. The van der Waals surface area contributed by atoms with E-state index in [0.717, 1.165) is 5.56 Å². The van der Waals surface area contributed by atoms with Gasteiger partial charge in [-0.1, -0.05) is 23.7 Å². The molecule has 0 aliphatic rings. The minimum Gasteiger partial charge on any atom is -0.478 e. The van der Waals surface area contributed by atoms with Gasteiger partial charge < -0.3 is 9.52 Å². The normalized spacial score (nSPS) is 10.9. The molecular formula is C15H10ClNO3. The van der Waals surface area contributed by atoms with Gasteiger partial charge in [0.2, 0.25) is 0 Å². The number of aromatic carboxylic acids is 1. The fourth-order valence-corrected chi connectivity index (χ4v) is 2.33. The second-order valence-corrected chi connectivity index (χ2v) is 4.86. The summed E-state index contributed by atoms with van der Waals surface area (Å²) in [6.07, 6.45) is 0. The van der Waals surface area contributed by atoms with Gasteiger partial charge in [-0.3, -0.25) is 0 Å². The van der Waals surface area contributed by atoms with Crippen molar-refractivity contribution in [2.45, 2.75) is 6.92 Å². The van der Waals surface area contributed by atoms with Crippen molar-refractivity contribution in [3.63, 3.8) is 0 Å². The Morgan fingerprint density at radius 1 is 1.30 bits per heavy atom. The molecule has 1 aromatic heterocycles. The number of carboxylic acid groups (broad SMARTS) is 1. The van der Waals surface area contributed by atoms with Gasteiger partial charge in [-0.15, -0.1) is 0 Å². The highest BCUT2D eigenvalue weighted by molar-refractivity contribution is 6.30. The number of hydrogen-bond donors (Lipinski definition) is 1. The van der Waals surface area contributed by atoms with Gasteiger partial charge in [-0.25, -0.2) is 9.78 Å². The Labute approximate surface area is 119 Å². The van der Waals surface area contributed by atoms with Crippen LogP contribution in [0.5, 0.6) is 0 Å². The summed E-state index contributed by atoms with van der Waals surface area (Å²) >= 11 is 5.99. The number of halogens is 1. The molecule has 0 aliphatic carbocycles. The van der Waals surface area contributed by atoms with Gasteiger partial charge in [0.25, 0.3) is 0 Å². The van der Waals surface area contributed by atoms with Gasteiger partial charge in [-0.05, 0) is 29.8 Å². The molecule has 0 bridgehead atoms. The molecule has 1 N–H and O–H groups in total. The molecule has 0 aliphatic heterocycles. The number of hydrogen-bond acceptors (Lipinski definition) is 3. The van der Waals surface area contributed by atoms with Gasteiger partial charge in [0.15, 0.2) is 11.5 Å². The molecule has 0 saturated heterocycles. The molecule has 20 heavy (non-hydrogen) atoms. The van der Waals surface area contributed by atoms with Crippen molar-refractivity contribution in [1.82, 2.24) is 4.98 Å². The van der Waals surface area contributed by atoms with Crippen molar-refractivity contribution in [1.29, 1.82) is 0 Å². The highest BCUT2D eigenvalue weighted by Gasteiger charge is 2.15. The van der Waals surface area contributed by atoms with Crippen LogP contribution in [0.15, 0.2) is 40.8 Å². The number of aryl methyl sites for hydroxylation is 1. The quantitative estimate of drug-likeness (QED) is 0.769. The molecule has 1 heterocycles. The summed E-state index contributed by atoms with van der Waals surface area (Å²) in [7, 11) is 0. The number of rotatable bonds is 2. The molecule has 0 saturated carbocycles. The molecule has 0 spiro atoms. The number of carbonyl (C=O) groups is 1. The Balaban J connectivity index is 2.35. The number of nitrogens with zero attached hydrogens (tertiary/aromatic N) is 1. The van der Waals surface area contributed by atoms with Crippen molar-refractivity contribution in [3.05, 3.63) is 52.9 Å². The Hall–Kier alpha value is -2.33. The van der Waals surface area contributed by atoms with E-state index in [0.29, 0.717) is 27.6 Å². The Kier molecular flexibility index (Phi) is 2.95. The third kappa shape index (κ3) is 2.14. The van der Waals surface area contributed by atoms with Crippen LogP contribution in [-0.4, -0.2) is 16.1 Å². The molecule has 3 aromatic rings. The first kappa shape index (κ1) is 12.7. The first-order chi connectivity index (χ1) is 9.54. The lowest BCUT2D eigenvalue weighted by molar-refractivity contribution is 0.0697. The summed E-state index contributed by atoms with van der Waals surface area (Å²) in [6.45, 7) is 1.72. The lowest BCUT2D eigenvalue weighted by Crippen LogP contribution is -1.96. The minimum absolute atomic E-state index is 0.156. The van der Waals surface area contributed by atoms with Crippen molar-refractivity contribution in [2.24, 2.45) is 0 Å². The number of benzene rings is 2. The first-order valence-electron chi connectivity index (χ1n) is 5.95. The van der Waals surface area contributed by atoms with Crippen LogP contribution >= 0.6 is 11.6 Å². The second kappa shape index (κ2) is 4.65. The SMILES string of the molecule is Cc1nc2c(-c3cccc(Cl)c3)cc(C(=O)O)cc2o1. The minimum atomic E-state index is -1.01. The van der Waals surface area contributed by atoms with Crippen molar-refractivity contribution in [3.8, 4) is 11.1 Å². The van der Waals surface area contributed by atoms with E-state index >= 15 is 0 Å². The van der Waals surface area contributed by atoms with Gasteiger partial charge in [0.05, 0.1) is 5.56 Å². The fourth-order valence-electron chi connectivity index (χ4n) is 2.14. The van der Waals surface area contributed by atoms with Gasteiger partial charge >= 0.3 is 5.97 Å². The summed E-state index contributed by atoms with van der Waals surface area (Å²) in [4.78, 5) is 15.5. The summed E-state index contributed by atoms with van der Waals surface area (Å²) in [6, 6.07) is 10.3. The number of fused-ring (bicyclic) bond motifs is 1. The molecule has 0 radical (unpaired) electrons. The van der Waals surface area contributed by atoms with Crippen LogP contribution in [0.4, 0.5) is 0 Å². The summed E-state index contributed by atoms with van der Waals surface area (Å²) in [5, 5.41) is 9.77. The van der Waals surface area contributed by atoms with Crippen LogP contribution < -0.4 is 0 Å². The average molecular weight is 288 g/mol. The van der Waals surface area contributed by atoms with Crippen molar-refractivity contribution < 1.29 is 14.3 Å². The lowest BCUT2D eigenvalue weighted by atomic mass is 10.0. The van der Waals surface area contributed by atoms with Gasteiger partial charge in [0, 0.05) is 17.5 Å². The third-order valence-corrected chi connectivity index (χ3v) is 3.22. The second-order valence-electron chi connectivity index (χ2n) is 4.42. The predicted molar refractivity (Wildman–Crippen MR) is 76.2 cm³/mol. The van der Waals surface area contributed by atoms with E-state index in [1.807, 2.05) is 12.1 Å². The highest BCUT2D eigenvalue weighted by Crippen LogP contribution is 2.31. The van der Waals surface area contributed by atoms with E-state index < -0.39 is 5.97 Å². The molecule has 0 fully saturated rings. The maximum atomic E-state index is 11.2. The number of aromatic nitrogens is 1. The largest absolute Gasteiger partial charge is 0.478 e. The topological polar surface area (TPSA) is 63.3 Å². The molecule has 2 aromatic carbocycles. The Bertz CT molecular complexity index is 823. The van der Waals surface area contributed by atoms with E-state index in [1.165, 1.54) is 6.07 Å². The fraction of sp³-hybridized carbons (Fsp3) is 0.0667. The monoisotopic (exact) mass is 287 g/mol. The maximum Gasteiger partial charge on any atom is 0.335 e. The van der Waals surface area contributed by atoms with E-state index in [9.17, 15) is 9.90 Å². The Morgan fingerprint density at radius 3 is 2.80 bits per heavy atom. The van der Waals surface area contributed by atoms with Crippen molar-refractivity contribution in [2.75, 3.05) is 0 Å². The summed E-state index contributed by atoms with van der Waals surface area (Å²) in [5.41, 5.74) is 2.74. The van der Waals surface area contributed by atoms with Gasteiger partial charge in [-0.2, -0.15) is 0 Å². The average Bonchev–Trinajstić information content (AvgIpc) is 2.77. The molecule has 3 rings (SSSR count). The molecule has 100 valence electrons. The van der Waals surface area contributed by atoms with Crippen LogP contribution in [0.1, 0.15) is 16.2 Å². The summed E-state index contributed by atoms with van der Waals surface area (Å²) < 4.78 is 5.44. The zero-order valence-electron chi connectivity index (χ0n) is 10.6. The third-order valence-electron chi connectivity index (χ3n) is 2.98. The molecule has 4 nitrogen and oxygen atoms in total. The zero-order chi connectivity index (χ0) is 14.3. The highest BCUT2D eigenvalue weighted by atomic mass is 35.5. The van der Waals surface area contributed by atoms with E-state index in [4.69, 9.17) is 16.0 Å². The Morgan fingerprint density at radius 2 is 2.10 bits per heavy atom. The van der Waals surface area contributed by atoms with E-state index in [1.54, 1.807) is 25.1 Å². The predicted octanol–water partition coefficient (Wildman–Crippen LogP) is 4.15. The lowest BCUT2D eigenvalue weighted by Gasteiger charge is -2.04. The number of carboxylic acids is 1. The molecule has 0 unspecified atom stereocenters. The molecular weight excluding hydrogens is 278 g/mol. The van der Waals surface area contributed by atoms with E-state index in [2.05, 4.69) is 4.98 Å². The summed E-state index contributed by atoms with van der Waals surface area (Å²) in [5.74, 6) is -0.518. The standard InChI is InChI=1S/C15H10ClNO3/c1-8-17-14-12(9-3-2-4-11(16)5-9)6-10(15(18)19)7-13(14)20-8/h2-7H,1H3,(H,18,19). The van der Waals surface area contributed by atoms with Crippen LogP contribution in [0.25, 0.3) is 22.2 Å². The molecule has 5 heteroatoms. The molecule has 0 amide bonds. The molecule has 0 atom stereocenters.